The number of nitrogens with one attached hydrogen (secondary N) is 3. The molecule has 0 aromatic carbocycles. The van der Waals surface area contributed by atoms with E-state index in [1.807, 2.05) is 32.5 Å². The van der Waals surface area contributed by atoms with E-state index in [0.29, 0.717) is 6.42 Å². The Hall–Kier alpha value is -0.750. The van der Waals surface area contributed by atoms with E-state index < -0.39 is 0 Å². The number of rotatable bonds is 4. The summed E-state index contributed by atoms with van der Waals surface area (Å²) in [5.41, 5.74) is -0.261. The molecule has 0 aromatic heterocycles. The van der Waals surface area contributed by atoms with Crippen LogP contribution in [-0.4, -0.2) is 48.0 Å². The van der Waals surface area contributed by atoms with Gasteiger partial charge in [0.15, 0.2) is 0 Å². The molecule has 1 fully saturated rings. The van der Waals surface area contributed by atoms with Crippen molar-refractivity contribution >= 4 is 23.6 Å². The van der Waals surface area contributed by atoms with Crippen LogP contribution in [0, 0.1) is 0 Å². The van der Waals surface area contributed by atoms with Gasteiger partial charge in [-0.3, -0.25) is 9.59 Å². The van der Waals surface area contributed by atoms with Gasteiger partial charge in [-0.1, -0.05) is 0 Å². The van der Waals surface area contributed by atoms with Gasteiger partial charge in [0.1, 0.15) is 0 Å². The van der Waals surface area contributed by atoms with E-state index in [0.717, 1.165) is 18.1 Å². The number of hydrogen-bond acceptors (Lipinski definition) is 4. The normalized spacial score (nSPS) is 20.3. The molecule has 3 N–H and O–H groups in total. The number of thioether (sulfide) groups is 1. The van der Waals surface area contributed by atoms with Crippen LogP contribution in [0.4, 0.5) is 0 Å². The van der Waals surface area contributed by atoms with Gasteiger partial charge in [-0.15, -0.1) is 0 Å². The average molecular weight is 273 g/mol. The minimum absolute atomic E-state index is 0.0516. The molecule has 104 valence electrons. The van der Waals surface area contributed by atoms with Gasteiger partial charge in [-0.05, 0) is 20.8 Å². The Bertz CT molecular complexity index is 296. The summed E-state index contributed by atoms with van der Waals surface area (Å²) in [6.07, 6.45) is 0.440. The monoisotopic (exact) mass is 273 g/mol. The highest BCUT2D eigenvalue weighted by atomic mass is 32.2. The zero-order valence-corrected chi connectivity index (χ0v) is 12.2. The van der Waals surface area contributed by atoms with Crippen LogP contribution in [0.25, 0.3) is 0 Å². The minimum atomic E-state index is -0.261. The number of amides is 2. The van der Waals surface area contributed by atoms with Gasteiger partial charge in [0.2, 0.25) is 11.8 Å². The first-order valence-electron chi connectivity index (χ1n) is 6.25. The zero-order chi connectivity index (χ0) is 13.6. The summed E-state index contributed by atoms with van der Waals surface area (Å²) in [5, 5.41) is 8.75. The molecular formula is C12H23N3O2S. The fourth-order valence-electron chi connectivity index (χ4n) is 1.69. The van der Waals surface area contributed by atoms with E-state index in [9.17, 15) is 9.59 Å². The second-order valence-electron chi connectivity index (χ2n) is 5.50. The van der Waals surface area contributed by atoms with Crippen molar-refractivity contribution < 1.29 is 9.59 Å². The van der Waals surface area contributed by atoms with Crippen molar-refractivity contribution in [1.82, 2.24) is 16.0 Å². The van der Waals surface area contributed by atoms with Crippen molar-refractivity contribution in [2.75, 3.05) is 24.6 Å². The van der Waals surface area contributed by atoms with Crippen LogP contribution in [0.15, 0.2) is 0 Å². The molecule has 1 unspecified atom stereocenters. The lowest BCUT2D eigenvalue weighted by Gasteiger charge is -2.23. The molecular weight excluding hydrogens is 250 g/mol. The summed E-state index contributed by atoms with van der Waals surface area (Å²) in [7, 11) is 0. The highest BCUT2D eigenvalue weighted by Gasteiger charge is 2.18. The molecule has 0 bridgehead atoms. The van der Waals surface area contributed by atoms with Crippen molar-refractivity contribution in [3.63, 3.8) is 0 Å². The summed E-state index contributed by atoms with van der Waals surface area (Å²) >= 11 is 1.86. The van der Waals surface area contributed by atoms with Crippen LogP contribution < -0.4 is 16.0 Å². The van der Waals surface area contributed by atoms with Crippen LogP contribution in [0.5, 0.6) is 0 Å². The van der Waals surface area contributed by atoms with Gasteiger partial charge < -0.3 is 16.0 Å². The minimum Gasteiger partial charge on any atom is -0.350 e. The molecule has 0 aliphatic carbocycles. The smallest absolute Gasteiger partial charge is 0.239 e. The van der Waals surface area contributed by atoms with Crippen molar-refractivity contribution in [3.05, 3.63) is 0 Å². The Morgan fingerprint density at radius 2 is 2.06 bits per heavy atom. The van der Waals surface area contributed by atoms with Crippen molar-refractivity contribution in [2.24, 2.45) is 0 Å². The van der Waals surface area contributed by atoms with Crippen LogP contribution in [-0.2, 0) is 9.59 Å². The first-order valence-corrected chi connectivity index (χ1v) is 7.41. The molecule has 0 saturated carbocycles. The van der Waals surface area contributed by atoms with Crippen LogP contribution in [0.2, 0.25) is 0 Å². The van der Waals surface area contributed by atoms with Crippen LogP contribution in [0.3, 0.4) is 0 Å². The van der Waals surface area contributed by atoms with E-state index >= 15 is 0 Å². The topological polar surface area (TPSA) is 70.2 Å². The highest BCUT2D eigenvalue weighted by Crippen LogP contribution is 2.09. The molecule has 5 nitrogen and oxygen atoms in total. The largest absolute Gasteiger partial charge is 0.350 e. The average Bonchev–Trinajstić information content (AvgIpc) is 2.25. The molecule has 18 heavy (non-hydrogen) atoms. The maximum absolute atomic E-state index is 11.6. The summed E-state index contributed by atoms with van der Waals surface area (Å²) < 4.78 is 0. The molecule has 0 radical (unpaired) electrons. The van der Waals surface area contributed by atoms with Gasteiger partial charge in [0, 0.05) is 36.1 Å². The maximum atomic E-state index is 11.6. The fourth-order valence-corrected chi connectivity index (χ4v) is 2.64. The lowest BCUT2D eigenvalue weighted by molar-refractivity contribution is -0.127. The highest BCUT2D eigenvalue weighted by molar-refractivity contribution is 7.99. The molecule has 0 aromatic rings. The SMILES string of the molecule is CC(C)(C)NC(=O)CNC(=O)CC1CSCCN1. The first kappa shape index (κ1) is 15.3. The molecule has 1 atom stereocenters. The summed E-state index contributed by atoms with van der Waals surface area (Å²) in [6.45, 7) is 6.74. The van der Waals surface area contributed by atoms with Crippen molar-refractivity contribution in [3.8, 4) is 0 Å². The van der Waals surface area contributed by atoms with E-state index in [2.05, 4.69) is 16.0 Å². The third-order valence-electron chi connectivity index (χ3n) is 2.39. The second kappa shape index (κ2) is 6.99. The van der Waals surface area contributed by atoms with E-state index in [1.165, 1.54) is 0 Å². The van der Waals surface area contributed by atoms with E-state index in [-0.39, 0.29) is 29.9 Å². The lowest BCUT2D eigenvalue weighted by atomic mass is 10.1. The van der Waals surface area contributed by atoms with Crippen LogP contribution >= 0.6 is 11.8 Å². The molecule has 6 heteroatoms. The Labute approximate surface area is 113 Å². The van der Waals surface area contributed by atoms with Gasteiger partial charge in [0.05, 0.1) is 6.54 Å². The van der Waals surface area contributed by atoms with E-state index in [1.54, 1.807) is 0 Å². The van der Waals surface area contributed by atoms with E-state index in [4.69, 9.17) is 0 Å². The van der Waals surface area contributed by atoms with Gasteiger partial charge in [0.25, 0.3) is 0 Å². The Morgan fingerprint density at radius 1 is 1.33 bits per heavy atom. The molecule has 2 amide bonds. The number of hydrogen-bond donors (Lipinski definition) is 3. The summed E-state index contributed by atoms with van der Waals surface area (Å²) in [5.74, 6) is 1.84. The van der Waals surface area contributed by atoms with Crippen molar-refractivity contribution in [2.45, 2.75) is 38.8 Å². The number of carbonyl (C=O) groups excluding carboxylic acids is 2. The quantitative estimate of drug-likeness (QED) is 0.680. The molecule has 1 aliphatic rings. The molecule has 1 aliphatic heterocycles. The predicted molar refractivity (Wildman–Crippen MR) is 74.6 cm³/mol. The van der Waals surface area contributed by atoms with Gasteiger partial charge in [-0.2, -0.15) is 11.8 Å². The zero-order valence-electron chi connectivity index (χ0n) is 11.3. The fraction of sp³-hybridized carbons (Fsp3) is 0.833. The molecule has 1 rings (SSSR count). The molecule has 1 saturated heterocycles. The Balaban J connectivity index is 2.18. The van der Waals surface area contributed by atoms with Gasteiger partial charge in [-0.25, -0.2) is 0 Å². The lowest BCUT2D eigenvalue weighted by Crippen LogP contribution is -2.47. The second-order valence-corrected chi connectivity index (χ2v) is 6.65. The summed E-state index contributed by atoms with van der Waals surface area (Å²) in [4.78, 5) is 23.2. The predicted octanol–water partition coefficient (Wildman–Crippen LogP) is 0.112. The Kier molecular flexibility index (Phi) is 5.95. The van der Waals surface area contributed by atoms with Crippen LogP contribution in [0.1, 0.15) is 27.2 Å². The van der Waals surface area contributed by atoms with Crippen molar-refractivity contribution in [1.29, 1.82) is 0 Å². The summed E-state index contributed by atoms with van der Waals surface area (Å²) in [6, 6.07) is 0.231. The number of carbonyl (C=O) groups is 2. The third-order valence-corrected chi connectivity index (χ3v) is 3.52. The van der Waals surface area contributed by atoms with Gasteiger partial charge >= 0.3 is 0 Å². The Morgan fingerprint density at radius 3 is 2.61 bits per heavy atom. The third kappa shape index (κ3) is 6.86. The first-order chi connectivity index (χ1) is 8.37. The molecule has 0 spiro atoms. The standard InChI is InChI=1S/C12H23N3O2S/c1-12(2,3)15-11(17)7-14-10(16)6-9-8-18-5-4-13-9/h9,13H,4-8H2,1-3H3,(H,14,16)(H,15,17). The maximum Gasteiger partial charge on any atom is 0.239 e. The molecule has 1 heterocycles.